The molecule has 22 atom stereocenters. The van der Waals surface area contributed by atoms with E-state index in [4.69, 9.17) is 123 Å². The summed E-state index contributed by atoms with van der Waals surface area (Å²) >= 11 is 12.1. The molecule has 8 aromatic heterocycles. The second-order valence-electron chi connectivity index (χ2n) is 24.9. The molecule has 28 N–H and O–H groups in total. The molecule has 22 unspecified atom stereocenters. The average molecular weight is 2090 g/mol. The molecule has 8 aromatic rings. The molecule has 12 rings (SSSR count). The van der Waals surface area contributed by atoms with Crippen LogP contribution in [0.4, 0.5) is 11.6 Å². The van der Waals surface area contributed by atoms with Crippen LogP contribution >= 0.6 is 117 Å². The zero-order chi connectivity index (χ0) is 94.5. The Morgan fingerprint density at radius 1 is 0.373 bits per heavy atom. The fraction of sp³-hybridized carbons (Fsp3) is 0.524. The third-order valence-corrected chi connectivity index (χ3v) is 31.5. The Balaban J connectivity index is 0.000000190. The van der Waals surface area contributed by atoms with Gasteiger partial charge in [-0.1, -0.05) is 0 Å². The number of anilines is 2. The molecule has 126 heavy (non-hydrogen) atoms. The van der Waals surface area contributed by atoms with Gasteiger partial charge in [-0.05, 0) is 23.2 Å². The molecule has 4 aliphatic heterocycles. The average Bonchev–Trinajstić information content (AvgIpc) is 1.62. The second-order valence-corrected chi connectivity index (χ2v) is 43.3. The molecule has 0 aliphatic carbocycles. The Bertz CT molecular complexity index is 6100. The molecule has 4 aliphatic rings. The van der Waals surface area contributed by atoms with E-state index in [0.29, 0.717) is 5.65 Å². The molecule has 0 radical (unpaired) electrons. The number of nitrogens with zero attached hydrogens (tertiary/aromatic N) is 16. The lowest BCUT2D eigenvalue weighted by Gasteiger charge is -2.19. The highest BCUT2D eigenvalue weighted by atomic mass is 35.5. The van der Waals surface area contributed by atoms with E-state index < -0.39 is 206 Å². The Morgan fingerprint density at radius 3 is 1.06 bits per heavy atom. The van der Waals surface area contributed by atoms with Crippen molar-refractivity contribution in [3.63, 3.8) is 0 Å². The van der Waals surface area contributed by atoms with E-state index in [1.54, 1.807) is 14.1 Å². The number of aromatic nitrogens is 16. The molecule has 0 saturated carbocycles. The maximum Gasteiger partial charge on any atom is 0.490 e. The smallest absolute Gasteiger partial charge is 0.390 e. The van der Waals surface area contributed by atoms with E-state index in [-0.39, 0.29) is 85.0 Å². The van der Waals surface area contributed by atoms with Gasteiger partial charge in [-0.25, -0.2) is 105 Å². The lowest BCUT2D eigenvalue weighted by atomic mass is 10.1. The molecule has 0 aromatic carbocycles. The number of nitrogens with one attached hydrogen (secondary N) is 2. The topological polar surface area (TPSA) is 1060 Å². The number of aliphatic hydroxyl groups excluding tert-OH is 6. The van der Waals surface area contributed by atoms with E-state index in [9.17, 15) is 105 Å². The standard InChI is InChI=1S/C11H18N5O13P3.C11H18N5O12P3.C10H15ClN5O13P3.C10H15ClN5O12P3/c1-15-3-14-10-6(9(15)12)13-4-16(10)11-8(18)7(17)5(27-11)2-26-31(22,23)29-32(24,25)28-30(19,20)21;1-15-4-14-11-9(10(15)12)13-5-16(11)8-2-6(17)7(26-8)3-25-30(21,22)28-31(23,24)27-29(18,19)20;11-10-15-4-7(12)13-2-14-8(4)16(10)9-6(18)5(17)3(27-9)1-26-31(22,23)29-32(24,25)28-30(19,20)21;11-10-15-7-8(12)13-3-14-9(7)16(10)6-1-4(17)5(26-6)2-25-30(21,22)28-31(23,24)27-29(18,19)20/h3-5,7-8,11-12,17-18H,2H2,1H3,(H,22,23)(H,24,25)(H2,19,20,21);4-8,12,17H,2-3H2,1H3,(H,21,22)(H,23,24)(H2,18,19,20);2-3,5-6,9,17-18H,1H2,(H,22,23)(H,24,25)(H2,12,13,14)(H2,19,20,21);3-6,17H,1-2H2,(H,21,22)(H,23,24)(H2,12,13,14)(H2,18,19,20). The summed E-state index contributed by atoms with van der Waals surface area (Å²) in [6.45, 7) is -3.58. The number of halogens is 2. The van der Waals surface area contributed by atoms with Gasteiger partial charge in [-0.3, -0.25) is 47.2 Å². The summed E-state index contributed by atoms with van der Waals surface area (Å²) < 4.78 is 211. The number of nitrogens with two attached hydrogens (primary N) is 2. The van der Waals surface area contributed by atoms with Crippen LogP contribution in [-0.2, 0) is 140 Å². The van der Waals surface area contributed by atoms with Gasteiger partial charge in [0.05, 0.1) is 63.9 Å². The van der Waals surface area contributed by atoms with Gasteiger partial charge < -0.3 is 148 Å². The summed E-state index contributed by atoms with van der Waals surface area (Å²) in [6, 6.07) is 0. The molecular weight excluding hydrogens is 2030 g/mol. The predicted molar refractivity (Wildman–Crippen MR) is 394 cm³/mol. The molecule has 4 saturated heterocycles. The first-order chi connectivity index (χ1) is 57.6. The largest absolute Gasteiger partial charge is 0.490 e. The molecular formula is C42H66Cl2N20O50P12. The Morgan fingerprint density at radius 2 is 0.683 bits per heavy atom. The monoisotopic (exact) mass is 2090 g/mol. The van der Waals surface area contributed by atoms with Crippen molar-refractivity contribution >= 4 is 173 Å². The SMILES string of the molecule is Cn1cnc2c(ncn2C2CC(O)C(COP(=O)(O)OP(=O)(O)OP(=O)(O)O)O2)c1=N.Cn1cnc2c(ncn2C2OC(COP(=O)(O)OP(=O)(O)OP(=O)(O)O)C(O)C2O)c1=N.Nc1ncnc2c1nc(Cl)n2C1CC(O)C(COP(=O)(O)OP(=O)(O)OP(=O)(O)O)O1.Nc1ncnc2c1nc(Cl)n2C1OC(COP(=O)(O)OP(=O)(O)OP(=O)(O)O)C(O)C1O. The van der Waals surface area contributed by atoms with Gasteiger partial charge in [0.25, 0.3) is 0 Å². The maximum absolute atomic E-state index is 11.8. The van der Waals surface area contributed by atoms with Crippen LogP contribution in [0.15, 0.2) is 38.0 Å². The van der Waals surface area contributed by atoms with Crippen LogP contribution in [0.1, 0.15) is 37.8 Å². The van der Waals surface area contributed by atoms with Crippen LogP contribution in [0.2, 0.25) is 10.6 Å². The van der Waals surface area contributed by atoms with Gasteiger partial charge in [0.2, 0.25) is 10.6 Å². The van der Waals surface area contributed by atoms with E-state index in [2.05, 4.69) is 102 Å². The first kappa shape index (κ1) is 105. The normalized spacial score (nSPS) is 27.0. The van der Waals surface area contributed by atoms with E-state index in [1.165, 1.54) is 48.1 Å². The Hall–Kier alpha value is -4.78. The van der Waals surface area contributed by atoms with Crippen LogP contribution < -0.4 is 22.4 Å². The van der Waals surface area contributed by atoms with Gasteiger partial charge in [0.1, 0.15) is 85.0 Å². The van der Waals surface area contributed by atoms with Gasteiger partial charge >= 0.3 is 93.9 Å². The second kappa shape index (κ2) is 39.8. The van der Waals surface area contributed by atoms with Crippen LogP contribution in [0.5, 0.6) is 0 Å². The van der Waals surface area contributed by atoms with Gasteiger partial charge in [0, 0.05) is 26.9 Å². The molecule has 12 heterocycles. The zero-order valence-corrected chi connectivity index (χ0v) is 73.7. The quantitative estimate of drug-likeness (QED) is 0.0144. The molecule has 70 nitrogen and oxygen atoms in total. The number of ether oxygens (including phenoxy) is 4. The molecule has 0 bridgehead atoms. The van der Waals surface area contributed by atoms with Crippen molar-refractivity contribution in [1.29, 1.82) is 10.8 Å². The van der Waals surface area contributed by atoms with Gasteiger partial charge in [0.15, 0.2) is 68.7 Å². The molecule has 0 spiro atoms. The lowest BCUT2D eigenvalue weighted by Crippen LogP contribution is -2.33. The van der Waals surface area contributed by atoms with Crippen molar-refractivity contribution in [3.8, 4) is 0 Å². The summed E-state index contributed by atoms with van der Waals surface area (Å²) in [5.74, 6) is 0.0151. The lowest BCUT2D eigenvalue weighted by molar-refractivity contribution is -0.0503. The fourth-order valence-corrected chi connectivity index (χ4v) is 23.5. The Labute approximate surface area is 704 Å². The number of nitrogen functional groups attached to an aromatic ring is 2. The first-order valence-electron chi connectivity index (χ1n) is 32.5. The summed E-state index contributed by atoms with van der Waals surface area (Å²) in [5, 5.41) is 77.0. The summed E-state index contributed by atoms with van der Waals surface area (Å²) in [6.07, 6.45) is -11.7. The van der Waals surface area contributed by atoms with Crippen LogP contribution in [0.25, 0.3) is 44.7 Å². The van der Waals surface area contributed by atoms with Crippen molar-refractivity contribution < 1.29 is 235 Å². The third kappa shape index (κ3) is 28.2. The highest BCUT2D eigenvalue weighted by molar-refractivity contribution is 7.68. The van der Waals surface area contributed by atoms with Crippen molar-refractivity contribution in [2.75, 3.05) is 37.9 Å². The fourth-order valence-electron chi connectivity index (χ4n) is 10.8. The predicted octanol–water partition coefficient (Wildman–Crippen LogP) is -3.47. The highest BCUT2D eigenvalue weighted by Crippen LogP contribution is 2.70. The molecule has 708 valence electrons. The van der Waals surface area contributed by atoms with Crippen molar-refractivity contribution in [1.82, 2.24) is 77.2 Å². The number of rotatable bonds is 32. The number of phosphoric acid groups is 12. The number of phosphoric ester groups is 4. The minimum atomic E-state index is -5.72. The highest BCUT2D eigenvalue weighted by Gasteiger charge is 2.52. The van der Waals surface area contributed by atoms with Crippen molar-refractivity contribution in [2.24, 2.45) is 14.1 Å². The van der Waals surface area contributed by atoms with Crippen LogP contribution in [-0.4, -0.2) is 274 Å². The minimum absolute atomic E-state index is 0.00555. The van der Waals surface area contributed by atoms with E-state index in [0.717, 1.165) is 17.2 Å². The number of aryl methyl sites for hydroxylation is 2. The Kier molecular flexibility index (Phi) is 33.1. The molecule has 0 amide bonds. The van der Waals surface area contributed by atoms with Gasteiger partial charge in [-0.2, -0.15) is 34.5 Å². The molecule has 84 heteroatoms. The number of fused-ring (bicyclic) bond motifs is 4. The van der Waals surface area contributed by atoms with Gasteiger partial charge in [-0.15, -0.1) is 0 Å². The van der Waals surface area contributed by atoms with Crippen LogP contribution in [0, 0.1) is 10.8 Å². The van der Waals surface area contributed by atoms with E-state index in [1.807, 2.05) is 0 Å². The number of imidazole rings is 4. The minimum Gasteiger partial charge on any atom is -0.390 e. The van der Waals surface area contributed by atoms with Crippen molar-refractivity contribution in [2.45, 2.75) is 98.8 Å². The number of hydrogen-bond acceptors (Lipinski definition) is 48. The third-order valence-electron chi connectivity index (χ3n) is 15.8. The first-order valence-corrected chi connectivity index (χ1v) is 51.4. The van der Waals surface area contributed by atoms with Crippen LogP contribution in [0.3, 0.4) is 0 Å². The summed E-state index contributed by atoms with van der Waals surface area (Å²) in [7, 11) is -63.3. The zero-order valence-electron chi connectivity index (χ0n) is 61.5. The molecule has 4 fully saturated rings. The summed E-state index contributed by atoms with van der Waals surface area (Å²) in [4.78, 5) is 182. The number of aliphatic hydroxyl groups is 6. The maximum atomic E-state index is 11.8. The van der Waals surface area contributed by atoms with E-state index >= 15 is 0 Å². The number of hydrogen-bond donors (Lipinski definition) is 26. The summed E-state index contributed by atoms with van der Waals surface area (Å²) in [5.41, 5.74) is 12.8. The van der Waals surface area contributed by atoms with Crippen molar-refractivity contribution in [3.05, 3.63) is 59.5 Å².